The summed E-state index contributed by atoms with van der Waals surface area (Å²) in [7, 11) is 0. The van der Waals surface area contributed by atoms with Crippen LogP contribution in [-0.2, 0) is 0 Å². The van der Waals surface area contributed by atoms with E-state index >= 15 is 0 Å². The highest BCUT2D eigenvalue weighted by molar-refractivity contribution is 6.00. The predicted octanol–water partition coefficient (Wildman–Crippen LogP) is 3.82. The second-order valence-corrected chi connectivity index (χ2v) is 4.88. The Kier molecular flexibility index (Phi) is 5.22. The first kappa shape index (κ1) is 14.7. The van der Waals surface area contributed by atoms with Crippen molar-refractivity contribution in [3.63, 3.8) is 0 Å². The third-order valence-electron chi connectivity index (χ3n) is 2.70. The van der Waals surface area contributed by atoms with E-state index in [1.807, 2.05) is 0 Å². The summed E-state index contributed by atoms with van der Waals surface area (Å²) in [6, 6.07) is 0. The third kappa shape index (κ3) is 3.69. The standard InChI is InChI=1S/C14H24N2/c1-8-12(14(5,6)7)10(3)11(4)13(15)16-9-2/h9H,2,4,8H2,1,3,5-7H3,(H2,15,16)/b12-10+. The molecule has 2 nitrogen and oxygen atoms in total. The molecule has 90 valence electrons. The van der Waals surface area contributed by atoms with Crippen LogP contribution in [-0.4, -0.2) is 5.84 Å². The highest BCUT2D eigenvalue weighted by atomic mass is 14.8. The third-order valence-corrected chi connectivity index (χ3v) is 2.70. The summed E-state index contributed by atoms with van der Waals surface area (Å²) in [5.41, 5.74) is 9.24. The van der Waals surface area contributed by atoms with Gasteiger partial charge < -0.3 is 5.73 Å². The molecule has 0 heterocycles. The van der Waals surface area contributed by atoms with Gasteiger partial charge in [0.2, 0.25) is 0 Å². The smallest absolute Gasteiger partial charge is 0.130 e. The van der Waals surface area contributed by atoms with Gasteiger partial charge in [-0.05, 0) is 24.3 Å². The van der Waals surface area contributed by atoms with Gasteiger partial charge >= 0.3 is 0 Å². The Morgan fingerprint density at radius 3 is 2.19 bits per heavy atom. The van der Waals surface area contributed by atoms with E-state index in [0.29, 0.717) is 5.84 Å². The Bertz CT molecular complexity index is 338. The lowest BCUT2D eigenvalue weighted by Crippen LogP contribution is -2.18. The van der Waals surface area contributed by atoms with Gasteiger partial charge in [0, 0.05) is 11.8 Å². The number of allylic oxidation sites excluding steroid dienone is 1. The second kappa shape index (κ2) is 5.69. The second-order valence-electron chi connectivity index (χ2n) is 4.88. The first-order chi connectivity index (χ1) is 7.25. The van der Waals surface area contributed by atoms with Gasteiger partial charge in [0.05, 0.1) is 0 Å². The first-order valence-electron chi connectivity index (χ1n) is 5.59. The monoisotopic (exact) mass is 220 g/mol. The zero-order valence-corrected chi connectivity index (χ0v) is 11.2. The Balaban J connectivity index is 5.37. The number of rotatable bonds is 4. The van der Waals surface area contributed by atoms with Crippen molar-refractivity contribution in [1.29, 1.82) is 0 Å². The molecule has 0 bridgehead atoms. The maximum atomic E-state index is 5.81. The van der Waals surface area contributed by atoms with Crippen LogP contribution in [0, 0.1) is 5.41 Å². The lowest BCUT2D eigenvalue weighted by atomic mass is 9.80. The molecule has 0 aliphatic carbocycles. The normalized spacial score (nSPS) is 14.4. The van der Waals surface area contributed by atoms with Gasteiger partial charge in [-0.3, -0.25) is 0 Å². The average molecular weight is 220 g/mol. The number of nitrogens with zero attached hydrogens (tertiary/aromatic N) is 1. The minimum Gasteiger partial charge on any atom is -0.383 e. The Labute approximate surface area is 99.6 Å². The fourth-order valence-electron chi connectivity index (χ4n) is 1.91. The van der Waals surface area contributed by atoms with E-state index in [-0.39, 0.29) is 5.41 Å². The molecule has 0 aromatic heterocycles. The van der Waals surface area contributed by atoms with Crippen molar-refractivity contribution in [2.75, 3.05) is 0 Å². The summed E-state index contributed by atoms with van der Waals surface area (Å²) >= 11 is 0. The molecule has 0 amide bonds. The molecule has 0 aliphatic heterocycles. The molecule has 2 heteroatoms. The van der Waals surface area contributed by atoms with Crippen molar-refractivity contribution in [2.24, 2.45) is 16.1 Å². The van der Waals surface area contributed by atoms with Crippen molar-refractivity contribution in [3.05, 3.63) is 36.1 Å². The fraction of sp³-hybridized carbons (Fsp3) is 0.500. The summed E-state index contributed by atoms with van der Waals surface area (Å²) in [6.45, 7) is 18.3. The lowest BCUT2D eigenvalue weighted by Gasteiger charge is -2.25. The van der Waals surface area contributed by atoms with Gasteiger partial charge in [0.25, 0.3) is 0 Å². The maximum absolute atomic E-state index is 5.81. The molecule has 0 radical (unpaired) electrons. The van der Waals surface area contributed by atoms with Gasteiger partial charge in [-0.15, -0.1) is 0 Å². The number of aliphatic imine (C=N–C) groups is 1. The first-order valence-corrected chi connectivity index (χ1v) is 5.59. The van der Waals surface area contributed by atoms with Crippen molar-refractivity contribution >= 4 is 5.84 Å². The van der Waals surface area contributed by atoms with Crippen LogP contribution in [0.5, 0.6) is 0 Å². The van der Waals surface area contributed by atoms with E-state index in [2.05, 4.69) is 52.8 Å². The lowest BCUT2D eigenvalue weighted by molar-refractivity contribution is 0.483. The zero-order valence-electron chi connectivity index (χ0n) is 11.2. The Morgan fingerprint density at radius 1 is 1.38 bits per heavy atom. The van der Waals surface area contributed by atoms with Crippen LogP contribution in [0.2, 0.25) is 0 Å². The van der Waals surface area contributed by atoms with E-state index < -0.39 is 0 Å². The minimum absolute atomic E-state index is 0.135. The molecule has 0 atom stereocenters. The van der Waals surface area contributed by atoms with Gasteiger partial charge in [0.1, 0.15) is 5.84 Å². The van der Waals surface area contributed by atoms with Gasteiger partial charge in [-0.25, -0.2) is 4.99 Å². The van der Waals surface area contributed by atoms with Crippen LogP contribution >= 0.6 is 0 Å². The highest BCUT2D eigenvalue weighted by Crippen LogP contribution is 2.32. The summed E-state index contributed by atoms with van der Waals surface area (Å²) in [5.74, 6) is 0.447. The predicted molar refractivity (Wildman–Crippen MR) is 73.4 cm³/mol. The molecule has 0 saturated carbocycles. The summed E-state index contributed by atoms with van der Waals surface area (Å²) in [5, 5.41) is 0. The van der Waals surface area contributed by atoms with Crippen LogP contribution in [0.25, 0.3) is 0 Å². The van der Waals surface area contributed by atoms with Crippen LogP contribution in [0.1, 0.15) is 41.0 Å². The molecule has 0 rings (SSSR count). The molecule has 0 spiro atoms. The van der Waals surface area contributed by atoms with Crippen LogP contribution in [0.15, 0.2) is 41.1 Å². The molecule has 0 unspecified atom stereocenters. The quantitative estimate of drug-likeness (QED) is 0.436. The summed E-state index contributed by atoms with van der Waals surface area (Å²) in [4.78, 5) is 3.97. The Morgan fingerprint density at radius 2 is 1.88 bits per heavy atom. The summed E-state index contributed by atoms with van der Waals surface area (Å²) < 4.78 is 0. The number of amidine groups is 1. The van der Waals surface area contributed by atoms with Crippen molar-refractivity contribution in [2.45, 2.75) is 41.0 Å². The molecular formula is C14H24N2. The van der Waals surface area contributed by atoms with Crippen molar-refractivity contribution in [1.82, 2.24) is 0 Å². The molecule has 0 aliphatic rings. The van der Waals surface area contributed by atoms with E-state index in [4.69, 9.17) is 5.73 Å². The largest absolute Gasteiger partial charge is 0.383 e. The SMILES string of the molecule is C=CN=C(N)C(=C)/C(C)=C(\CC)C(C)(C)C. The van der Waals surface area contributed by atoms with Crippen molar-refractivity contribution < 1.29 is 0 Å². The Hall–Kier alpha value is -1.31. The van der Waals surface area contributed by atoms with Gasteiger partial charge in [-0.1, -0.05) is 46.4 Å². The maximum Gasteiger partial charge on any atom is 0.130 e. The van der Waals surface area contributed by atoms with Crippen LogP contribution in [0.3, 0.4) is 0 Å². The minimum atomic E-state index is 0.135. The molecule has 0 saturated heterocycles. The highest BCUT2D eigenvalue weighted by Gasteiger charge is 2.19. The van der Waals surface area contributed by atoms with E-state index in [1.54, 1.807) is 0 Å². The topological polar surface area (TPSA) is 38.4 Å². The molecule has 0 aromatic rings. The van der Waals surface area contributed by atoms with Gasteiger partial charge in [-0.2, -0.15) is 0 Å². The van der Waals surface area contributed by atoms with Crippen LogP contribution in [0.4, 0.5) is 0 Å². The molecule has 2 N–H and O–H groups in total. The van der Waals surface area contributed by atoms with Crippen LogP contribution < -0.4 is 5.73 Å². The number of nitrogens with two attached hydrogens (primary N) is 1. The van der Waals surface area contributed by atoms with Gasteiger partial charge in [0.15, 0.2) is 0 Å². The number of hydrogen-bond acceptors (Lipinski definition) is 1. The fourth-order valence-corrected chi connectivity index (χ4v) is 1.91. The van der Waals surface area contributed by atoms with Crippen molar-refractivity contribution in [3.8, 4) is 0 Å². The average Bonchev–Trinajstić information content (AvgIpc) is 2.15. The van der Waals surface area contributed by atoms with E-state index in [1.165, 1.54) is 11.8 Å². The zero-order chi connectivity index (χ0) is 12.9. The molecule has 16 heavy (non-hydrogen) atoms. The summed E-state index contributed by atoms with van der Waals surface area (Å²) in [6.07, 6.45) is 2.44. The van der Waals surface area contributed by atoms with E-state index in [0.717, 1.165) is 17.6 Å². The number of hydrogen-bond donors (Lipinski definition) is 1. The van der Waals surface area contributed by atoms with E-state index in [9.17, 15) is 0 Å². The molecule has 0 fully saturated rings. The molecule has 0 aromatic carbocycles. The molecular weight excluding hydrogens is 196 g/mol.